The van der Waals surface area contributed by atoms with Crippen LogP contribution in [-0.2, 0) is 19.9 Å². The molecule has 0 unspecified atom stereocenters. The van der Waals surface area contributed by atoms with Gasteiger partial charge in [-0.2, -0.15) is 15.2 Å². The SMILES string of the molecule is Cc1cc(N)n(-c2ccc(-c3noc(CCc4c(C)nn(C)c4C)n3)cc2)n1. The molecule has 144 valence electrons. The second kappa shape index (κ2) is 6.95. The molecule has 0 bridgehead atoms. The van der Waals surface area contributed by atoms with Gasteiger partial charge in [0.25, 0.3) is 0 Å². The van der Waals surface area contributed by atoms with Gasteiger partial charge in [-0.3, -0.25) is 4.68 Å². The van der Waals surface area contributed by atoms with Crippen LogP contribution in [0.5, 0.6) is 0 Å². The standard InChI is InChI=1S/C20H23N7O/c1-12-11-18(21)27(23-12)16-7-5-15(6-8-16)20-22-19(28-25-20)10-9-17-13(2)24-26(4)14(17)3/h5-8,11H,9-10,21H2,1-4H3. The lowest BCUT2D eigenvalue weighted by molar-refractivity contribution is 0.378. The molecule has 8 nitrogen and oxygen atoms in total. The van der Waals surface area contributed by atoms with Gasteiger partial charge < -0.3 is 10.3 Å². The van der Waals surface area contributed by atoms with E-state index in [1.54, 1.807) is 4.68 Å². The zero-order chi connectivity index (χ0) is 19.8. The Morgan fingerprint density at radius 1 is 1.04 bits per heavy atom. The lowest BCUT2D eigenvalue weighted by atomic mass is 10.1. The maximum atomic E-state index is 5.98. The maximum absolute atomic E-state index is 5.98. The number of nitrogen functional groups attached to an aromatic ring is 1. The molecule has 0 atom stereocenters. The number of hydrogen-bond acceptors (Lipinski definition) is 6. The van der Waals surface area contributed by atoms with Crippen LogP contribution in [0.1, 0.15) is 28.5 Å². The van der Waals surface area contributed by atoms with E-state index in [4.69, 9.17) is 10.3 Å². The Balaban J connectivity index is 1.49. The van der Waals surface area contributed by atoms with Gasteiger partial charge in [-0.15, -0.1) is 0 Å². The predicted molar refractivity (Wildman–Crippen MR) is 106 cm³/mol. The number of rotatable bonds is 5. The van der Waals surface area contributed by atoms with Gasteiger partial charge in [-0.05, 0) is 57.0 Å². The number of anilines is 1. The molecule has 0 saturated heterocycles. The summed E-state index contributed by atoms with van der Waals surface area (Å²) >= 11 is 0. The van der Waals surface area contributed by atoms with Crippen molar-refractivity contribution in [2.45, 2.75) is 33.6 Å². The Kier molecular flexibility index (Phi) is 4.46. The van der Waals surface area contributed by atoms with Crippen LogP contribution in [0, 0.1) is 20.8 Å². The van der Waals surface area contributed by atoms with Crippen molar-refractivity contribution in [3.05, 3.63) is 58.9 Å². The monoisotopic (exact) mass is 377 g/mol. The lowest BCUT2D eigenvalue weighted by Gasteiger charge is -2.04. The van der Waals surface area contributed by atoms with Gasteiger partial charge in [0.1, 0.15) is 5.82 Å². The van der Waals surface area contributed by atoms with Crippen LogP contribution in [0.2, 0.25) is 0 Å². The van der Waals surface area contributed by atoms with Crippen molar-refractivity contribution in [1.82, 2.24) is 29.7 Å². The van der Waals surface area contributed by atoms with E-state index < -0.39 is 0 Å². The van der Waals surface area contributed by atoms with E-state index in [-0.39, 0.29) is 0 Å². The molecule has 0 fully saturated rings. The Labute approximate surface area is 163 Å². The minimum atomic E-state index is 0.575. The Bertz CT molecular complexity index is 1120. The average Bonchev–Trinajstić information content (AvgIpc) is 3.33. The van der Waals surface area contributed by atoms with Crippen molar-refractivity contribution in [3.8, 4) is 17.1 Å². The third-order valence-electron chi connectivity index (χ3n) is 4.94. The minimum absolute atomic E-state index is 0.575. The van der Waals surface area contributed by atoms with Crippen LogP contribution in [0.4, 0.5) is 5.82 Å². The van der Waals surface area contributed by atoms with Gasteiger partial charge in [-0.1, -0.05) is 5.16 Å². The predicted octanol–water partition coefficient (Wildman–Crippen LogP) is 2.95. The van der Waals surface area contributed by atoms with Gasteiger partial charge in [0.05, 0.1) is 17.1 Å². The van der Waals surface area contributed by atoms with Gasteiger partial charge in [0, 0.05) is 30.8 Å². The molecule has 2 N–H and O–H groups in total. The Hall–Kier alpha value is -3.42. The second-order valence-corrected chi connectivity index (χ2v) is 6.95. The van der Waals surface area contributed by atoms with Crippen LogP contribution in [0.15, 0.2) is 34.9 Å². The molecule has 0 aliphatic carbocycles. The highest BCUT2D eigenvalue weighted by Crippen LogP contribution is 2.21. The smallest absolute Gasteiger partial charge is 0.227 e. The van der Waals surface area contributed by atoms with Crippen LogP contribution < -0.4 is 5.73 Å². The van der Waals surface area contributed by atoms with E-state index >= 15 is 0 Å². The summed E-state index contributed by atoms with van der Waals surface area (Å²) in [5.74, 6) is 1.80. The summed E-state index contributed by atoms with van der Waals surface area (Å²) in [6, 6.07) is 9.60. The van der Waals surface area contributed by atoms with E-state index in [2.05, 4.69) is 27.3 Å². The molecule has 0 aliphatic rings. The first-order valence-electron chi connectivity index (χ1n) is 9.17. The summed E-state index contributed by atoms with van der Waals surface area (Å²) < 4.78 is 9.05. The third-order valence-corrected chi connectivity index (χ3v) is 4.94. The van der Waals surface area contributed by atoms with Crippen molar-refractivity contribution in [2.75, 3.05) is 5.73 Å². The van der Waals surface area contributed by atoms with Crippen molar-refractivity contribution in [3.63, 3.8) is 0 Å². The molecule has 4 rings (SSSR count). The third kappa shape index (κ3) is 3.28. The molecule has 1 aromatic carbocycles. The first kappa shape index (κ1) is 18.0. The highest BCUT2D eigenvalue weighted by molar-refractivity contribution is 5.57. The number of aryl methyl sites for hydroxylation is 4. The van der Waals surface area contributed by atoms with Crippen molar-refractivity contribution in [1.29, 1.82) is 0 Å². The first-order valence-corrected chi connectivity index (χ1v) is 9.17. The lowest BCUT2D eigenvalue weighted by Crippen LogP contribution is -2.01. The molecule has 3 heterocycles. The summed E-state index contributed by atoms with van der Waals surface area (Å²) in [5, 5.41) is 13.0. The molecule has 4 aromatic rings. The summed E-state index contributed by atoms with van der Waals surface area (Å²) in [6.45, 7) is 6.01. The first-order chi connectivity index (χ1) is 13.4. The number of aromatic nitrogens is 6. The zero-order valence-corrected chi connectivity index (χ0v) is 16.5. The number of benzene rings is 1. The fraction of sp³-hybridized carbons (Fsp3) is 0.300. The van der Waals surface area contributed by atoms with E-state index in [0.29, 0.717) is 24.0 Å². The van der Waals surface area contributed by atoms with E-state index in [9.17, 15) is 0 Å². The molecule has 0 amide bonds. The summed E-state index contributed by atoms with van der Waals surface area (Å²) in [7, 11) is 1.96. The highest BCUT2D eigenvalue weighted by atomic mass is 16.5. The molecule has 28 heavy (non-hydrogen) atoms. The van der Waals surface area contributed by atoms with Crippen molar-refractivity contribution >= 4 is 5.82 Å². The number of nitrogens with two attached hydrogens (primary N) is 1. The fourth-order valence-electron chi connectivity index (χ4n) is 3.36. The topological polar surface area (TPSA) is 101 Å². The average molecular weight is 377 g/mol. The van der Waals surface area contributed by atoms with Crippen molar-refractivity contribution in [2.24, 2.45) is 7.05 Å². The summed E-state index contributed by atoms with van der Waals surface area (Å²) in [5.41, 5.74) is 12.1. The van der Waals surface area contributed by atoms with Crippen LogP contribution >= 0.6 is 0 Å². The van der Waals surface area contributed by atoms with Gasteiger partial charge in [-0.25, -0.2) is 4.68 Å². The molecule has 0 saturated carbocycles. The van der Waals surface area contributed by atoms with Crippen LogP contribution in [-0.4, -0.2) is 29.7 Å². The summed E-state index contributed by atoms with van der Waals surface area (Å²) in [6.07, 6.45) is 1.51. The van der Waals surface area contributed by atoms with Crippen molar-refractivity contribution < 1.29 is 4.52 Å². The molecule has 0 aliphatic heterocycles. The quantitative estimate of drug-likeness (QED) is 0.574. The van der Waals surface area contributed by atoms with Gasteiger partial charge in [0.2, 0.25) is 11.7 Å². The number of nitrogens with zero attached hydrogens (tertiary/aromatic N) is 6. The molecule has 0 radical (unpaired) electrons. The molecular formula is C20H23N7O. The fourth-order valence-corrected chi connectivity index (χ4v) is 3.36. The van der Waals surface area contributed by atoms with E-state index in [1.165, 1.54) is 11.3 Å². The molecule has 3 aromatic heterocycles. The zero-order valence-electron chi connectivity index (χ0n) is 16.5. The molecule has 0 spiro atoms. The van der Waals surface area contributed by atoms with E-state index in [0.717, 1.165) is 29.1 Å². The Morgan fingerprint density at radius 2 is 1.79 bits per heavy atom. The van der Waals surface area contributed by atoms with Gasteiger partial charge in [0.15, 0.2) is 0 Å². The van der Waals surface area contributed by atoms with E-state index in [1.807, 2.05) is 55.9 Å². The largest absolute Gasteiger partial charge is 0.384 e. The number of hydrogen-bond donors (Lipinski definition) is 1. The Morgan fingerprint density at radius 3 is 2.39 bits per heavy atom. The minimum Gasteiger partial charge on any atom is -0.384 e. The van der Waals surface area contributed by atoms with Crippen LogP contribution in [0.25, 0.3) is 17.1 Å². The molecular weight excluding hydrogens is 354 g/mol. The molecule has 8 heteroatoms. The second-order valence-electron chi connectivity index (χ2n) is 6.95. The maximum Gasteiger partial charge on any atom is 0.227 e. The normalized spacial score (nSPS) is 11.3. The van der Waals surface area contributed by atoms with Crippen LogP contribution in [0.3, 0.4) is 0 Å². The van der Waals surface area contributed by atoms with Gasteiger partial charge >= 0.3 is 0 Å². The summed E-state index contributed by atoms with van der Waals surface area (Å²) in [4.78, 5) is 4.53. The highest BCUT2D eigenvalue weighted by Gasteiger charge is 2.13.